The smallest absolute Gasteiger partial charge is 0.322 e. The first kappa shape index (κ1) is 23.0. The zero-order valence-electron chi connectivity index (χ0n) is 16.9. The van der Waals surface area contributed by atoms with Gasteiger partial charge in [0.1, 0.15) is 0 Å². The molecule has 2 aromatic rings. The standard InChI is InChI=1S/C19H22N6O4S/c1-19(2,3)17-23-24-18(29-17)22-16(26)14-6-8-15(9-7-14)30(27,28)25(12-4-10-20)13-5-11-21/h6-9H,4-5,12-13H2,1-3H3,(H,22,24,26). The molecule has 0 aliphatic carbocycles. The topological polar surface area (TPSA) is 153 Å². The summed E-state index contributed by atoms with van der Waals surface area (Å²) >= 11 is 0. The molecule has 1 aromatic carbocycles. The lowest BCUT2D eigenvalue weighted by atomic mass is 9.97. The van der Waals surface area contributed by atoms with Gasteiger partial charge >= 0.3 is 6.01 Å². The van der Waals surface area contributed by atoms with Crippen LogP contribution in [0.1, 0.15) is 49.9 Å². The number of anilines is 1. The number of carbonyl (C=O) groups is 1. The molecule has 1 N–H and O–H groups in total. The lowest BCUT2D eigenvalue weighted by molar-refractivity contribution is 0.102. The second-order valence-corrected chi connectivity index (χ2v) is 9.30. The Morgan fingerprint density at radius 2 is 1.67 bits per heavy atom. The summed E-state index contributed by atoms with van der Waals surface area (Å²) in [5.74, 6) is -0.164. The van der Waals surface area contributed by atoms with Crippen molar-refractivity contribution >= 4 is 21.9 Å². The van der Waals surface area contributed by atoms with Gasteiger partial charge in [-0.2, -0.15) is 14.8 Å². The van der Waals surface area contributed by atoms with E-state index in [9.17, 15) is 13.2 Å². The van der Waals surface area contributed by atoms with E-state index < -0.39 is 15.9 Å². The van der Waals surface area contributed by atoms with Gasteiger partial charge in [0.15, 0.2) is 0 Å². The van der Waals surface area contributed by atoms with Crippen molar-refractivity contribution in [2.45, 2.75) is 43.9 Å². The molecule has 1 aromatic heterocycles. The van der Waals surface area contributed by atoms with E-state index in [2.05, 4.69) is 15.5 Å². The number of carbonyl (C=O) groups excluding carboxylic acids is 1. The van der Waals surface area contributed by atoms with Crippen LogP contribution >= 0.6 is 0 Å². The van der Waals surface area contributed by atoms with Crippen molar-refractivity contribution in [1.29, 1.82) is 10.5 Å². The van der Waals surface area contributed by atoms with Crippen LogP contribution in [-0.4, -0.2) is 41.9 Å². The Bertz CT molecular complexity index is 1050. The van der Waals surface area contributed by atoms with Crippen molar-refractivity contribution in [3.05, 3.63) is 35.7 Å². The molecule has 0 atom stereocenters. The van der Waals surface area contributed by atoms with E-state index in [1.165, 1.54) is 24.3 Å². The maximum Gasteiger partial charge on any atom is 0.322 e. The van der Waals surface area contributed by atoms with Gasteiger partial charge in [0.2, 0.25) is 15.9 Å². The Morgan fingerprint density at radius 3 is 2.13 bits per heavy atom. The highest BCUT2D eigenvalue weighted by Gasteiger charge is 2.25. The molecule has 30 heavy (non-hydrogen) atoms. The van der Waals surface area contributed by atoms with Gasteiger partial charge in [0, 0.05) is 36.9 Å². The fourth-order valence-corrected chi connectivity index (χ4v) is 3.82. The lowest BCUT2D eigenvalue weighted by Crippen LogP contribution is -2.32. The average molecular weight is 430 g/mol. The first-order chi connectivity index (χ1) is 14.1. The Balaban J connectivity index is 2.16. The molecule has 0 unspecified atom stereocenters. The van der Waals surface area contributed by atoms with Crippen LogP contribution in [0.25, 0.3) is 0 Å². The third-order valence-corrected chi connectivity index (χ3v) is 5.90. The average Bonchev–Trinajstić information content (AvgIpc) is 3.17. The number of hydrogen-bond donors (Lipinski definition) is 1. The third-order valence-electron chi connectivity index (χ3n) is 3.99. The normalized spacial score (nSPS) is 11.7. The van der Waals surface area contributed by atoms with Crippen LogP contribution in [0.5, 0.6) is 0 Å². The maximum absolute atomic E-state index is 12.8. The molecule has 0 aliphatic heterocycles. The molecule has 0 radical (unpaired) electrons. The molecule has 158 valence electrons. The Morgan fingerprint density at radius 1 is 1.10 bits per heavy atom. The van der Waals surface area contributed by atoms with Gasteiger partial charge in [-0.05, 0) is 24.3 Å². The number of rotatable bonds is 8. The zero-order valence-corrected chi connectivity index (χ0v) is 17.7. The molecule has 11 heteroatoms. The molecule has 0 saturated heterocycles. The number of hydrogen-bond acceptors (Lipinski definition) is 8. The van der Waals surface area contributed by atoms with Crippen LogP contribution in [0.3, 0.4) is 0 Å². The SMILES string of the molecule is CC(C)(C)c1nnc(NC(=O)c2ccc(S(=O)(=O)N(CCC#N)CCC#N)cc2)o1. The summed E-state index contributed by atoms with van der Waals surface area (Å²) in [6.07, 6.45) is 0.0117. The predicted octanol–water partition coefficient (Wildman–Crippen LogP) is 2.44. The number of amides is 1. The summed E-state index contributed by atoms with van der Waals surface area (Å²) in [7, 11) is -3.90. The van der Waals surface area contributed by atoms with Crippen molar-refractivity contribution in [2.75, 3.05) is 18.4 Å². The number of benzene rings is 1. The fraction of sp³-hybridized carbons (Fsp3) is 0.421. The lowest BCUT2D eigenvalue weighted by Gasteiger charge is -2.20. The van der Waals surface area contributed by atoms with Crippen molar-refractivity contribution in [3.63, 3.8) is 0 Å². The third kappa shape index (κ3) is 5.63. The fourth-order valence-electron chi connectivity index (χ4n) is 2.38. The van der Waals surface area contributed by atoms with Crippen LogP contribution in [0.15, 0.2) is 33.6 Å². The van der Waals surface area contributed by atoms with E-state index in [4.69, 9.17) is 14.9 Å². The molecule has 1 heterocycles. The zero-order chi connectivity index (χ0) is 22.4. The molecule has 0 saturated carbocycles. The van der Waals surface area contributed by atoms with Gasteiger partial charge in [-0.15, -0.1) is 5.10 Å². The molecule has 0 aliphatic rings. The highest BCUT2D eigenvalue weighted by molar-refractivity contribution is 7.89. The molecule has 1 amide bonds. The molecular weight excluding hydrogens is 408 g/mol. The largest absolute Gasteiger partial charge is 0.407 e. The van der Waals surface area contributed by atoms with E-state index in [0.717, 1.165) is 4.31 Å². The summed E-state index contributed by atoms with van der Waals surface area (Å²) in [5.41, 5.74) is -0.167. The second-order valence-electron chi connectivity index (χ2n) is 7.36. The summed E-state index contributed by atoms with van der Waals surface area (Å²) in [5, 5.41) is 27.6. The van der Waals surface area contributed by atoms with Crippen molar-refractivity contribution in [3.8, 4) is 12.1 Å². The summed E-state index contributed by atoms with van der Waals surface area (Å²) in [6.45, 7) is 5.64. The molecule has 0 fully saturated rings. The molecule has 0 bridgehead atoms. The number of nitriles is 2. The van der Waals surface area contributed by atoms with Crippen molar-refractivity contribution < 1.29 is 17.6 Å². The first-order valence-electron chi connectivity index (χ1n) is 9.09. The molecular formula is C19H22N6O4S. The number of nitrogens with one attached hydrogen (secondary N) is 1. The van der Waals surface area contributed by atoms with E-state index in [-0.39, 0.29) is 47.8 Å². The van der Waals surface area contributed by atoms with E-state index >= 15 is 0 Å². The van der Waals surface area contributed by atoms with Crippen LogP contribution in [0, 0.1) is 22.7 Å². The minimum atomic E-state index is -3.90. The quantitative estimate of drug-likeness (QED) is 0.670. The van der Waals surface area contributed by atoms with Gasteiger partial charge in [-0.3, -0.25) is 10.1 Å². The van der Waals surface area contributed by atoms with Gasteiger partial charge in [0.05, 0.1) is 17.0 Å². The summed E-state index contributed by atoms with van der Waals surface area (Å²) in [6, 6.07) is 9.04. The van der Waals surface area contributed by atoms with Gasteiger partial charge in [-0.25, -0.2) is 8.42 Å². The van der Waals surface area contributed by atoms with Gasteiger partial charge in [0.25, 0.3) is 5.91 Å². The van der Waals surface area contributed by atoms with Gasteiger partial charge < -0.3 is 4.42 Å². The Kier molecular flexibility index (Phi) is 7.27. The summed E-state index contributed by atoms with van der Waals surface area (Å²) in [4.78, 5) is 12.3. The monoisotopic (exact) mass is 430 g/mol. The number of nitrogens with zero attached hydrogens (tertiary/aromatic N) is 5. The molecule has 0 spiro atoms. The van der Waals surface area contributed by atoms with E-state index in [1.807, 2.05) is 32.9 Å². The van der Waals surface area contributed by atoms with Gasteiger partial charge in [-0.1, -0.05) is 25.9 Å². The minimum Gasteiger partial charge on any atom is -0.407 e. The summed E-state index contributed by atoms with van der Waals surface area (Å²) < 4.78 is 32.1. The van der Waals surface area contributed by atoms with Crippen LogP contribution < -0.4 is 5.32 Å². The second kappa shape index (κ2) is 9.48. The number of sulfonamides is 1. The number of aromatic nitrogens is 2. The van der Waals surface area contributed by atoms with Crippen LogP contribution in [0.2, 0.25) is 0 Å². The highest BCUT2D eigenvalue weighted by atomic mass is 32.2. The molecule has 2 rings (SSSR count). The first-order valence-corrected chi connectivity index (χ1v) is 10.5. The van der Waals surface area contributed by atoms with Crippen LogP contribution in [-0.2, 0) is 15.4 Å². The van der Waals surface area contributed by atoms with E-state index in [0.29, 0.717) is 5.89 Å². The Labute approximate surface area is 175 Å². The predicted molar refractivity (Wildman–Crippen MR) is 107 cm³/mol. The Hall–Kier alpha value is -3.28. The molecule has 10 nitrogen and oxygen atoms in total. The van der Waals surface area contributed by atoms with Crippen molar-refractivity contribution in [1.82, 2.24) is 14.5 Å². The minimum absolute atomic E-state index is 0.00584. The maximum atomic E-state index is 12.8. The highest BCUT2D eigenvalue weighted by Crippen LogP contribution is 2.22. The van der Waals surface area contributed by atoms with E-state index in [1.54, 1.807) is 0 Å². The van der Waals surface area contributed by atoms with Crippen LogP contribution in [0.4, 0.5) is 6.01 Å². The van der Waals surface area contributed by atoms with Crippen molar-refractivity contribution in [2.24, 2.45) is 0 Å².